The quantitative estimate of drug-likeness (QED) is 0.244. The Kier molecular flexibility index (Phi) is 12.1. The second-order valence-electron chi connectivity index (χ2n) is 6.51. The fraction of sp³-hybridized carbons (Fsp3) is 0.737. The minimum Gasteiger partial charge on any atom is -0.493 e. The third-order valence-corrected chi connectivity index (χ3v) is 9.88. The van der Waals surface area contributed by atoms with Gasteiger partial charge in [-0.25, -0.2) is 4.98 Å². The molecule has 0 saturated carbocycles. The number of ether oxygens (including phenoxy) is 1. The largest absolute Gasteiger partial charge is 0.493 e. The Bertz CT molecular complexity index is 678. The maximum Gasteiger partial charge on any atom is 0.362 e. The maximum absolute atomic E-state index is 13.4. The molecule has 1 aromatic rings. The van der Waals surface area contributed by atoms with Gasteiger partial charge in [-0.3, -0.25) is 9.13 Å². The van der Waals surface area contributed by atoms with E-state index in [2.05, 4.69) is 17.2 Å². The summed E-state index contributed by atoms with van der Waals surface area (Å²) in [5, 5.41) is 2.97. The van der Waals surface area contributed by atoms with Crippen molar-refractivity contribution in [1.29, 1.82) is 0 Å². The Balaban J connectivity index is 3.03. The SMILES string of the molecule is CCCCCCOc1ccnc(NC(P(C)(=O)OCC)P(=O)(OCC)OCC)c1. The molecule has 0 aliphatic heterocycles. The van der Waals surface area contributed by atoms with Crippen molar-refractivity contribution >= 4 is 20.8 Å². The molecule has 1 heterocycles. The number of hydrogen-bond donors (Lipinski definition) is 1. The highest BCUT2D eigenvalue weighted by Crippen LogP contribution is 2.67. The summed E-state index contributed by atoms with van der Waals surface area (Å²) in [5.74, 6) is 0.991. The summed E-state index contributed by atoms with van der Waals surface area (Å²) in [6, 6.07) is 3.43. The summed E-state index contributed by atoms with van der Waals surface area (Å²) in [5.41, 5.74) is -1.18. The highest BCUT2D eigenvalue weighted by atomic mass is 31.2. The molecule has 2 atom stereocenters. The van der Waals surface area contributed by atoms with Crippen LogP contribution < -0.4 is 10.1 Å². The van der Waals surface area contributed by atoms with Gasteiger partial charge in [0.1, 0.15) is 11.6 Å². The highest BCUT2D eigenvalue weighted by molar-refractivity contribution is 7.75. The molecule has 8 nitrogen and oxygen atoms in total. The minimum atomic E-state index is -3.78. The second kappa shape index (κ2) is 13.4. The molecular formula is C19H36N2O6P2. The van der Waals surface area contributed by atoms with E-state index in [1.165, 1.54) is 19.5 Å². The van der Waals surface area contributed by atoms with Gasteiger partial charge in [0.05, 0.1) is 26.4 Å². The van der Waals surface area contributed by atoms with E-state index in [9.17, 15) is 9.13 Å². The monoisotopic (exact) mass is 450 g/mol. The van der Waals surface area contributed by atoms with Crippen LogP contribution in [0.2, 0.25) is 0 Å². The number of unbranched alkanes of at least 4 members (excludes halogenated alkanes) is 3. The van der Waals surface area contributed by atoms with E-state index in [0.29, 0.717) is 18.2 Å². The molecule has 0 fully saturated rings. The lowest BCUT2D eigenvalue weighted by atomic mass is 10.2. The average molecular weight is 450 g/mol. The zero-order chi connectivity index (χ0) is 21.8. The smallest absolute Gasteiger partial charge is 0.362 e. The van der Waals surface area contributed by atoms with Gasteiger partial charge in [-0.15, -0.1) is 0 Å². The van der Waals surface area contributed by atoms with E-state index in [4.69, 9.17) is 18.3 Å². The first-order valence-corrected chi connectivity index (χ1v) is 14.0. The Hall–Kier alpha value is -0.910. The standard InChI is InChI=1S/C19H36N2O6P2/c1-6-10-11-12-15-24-17-13-14-20-18(16-17)21-19(28(5,22)25-7-2)29(23,26-8-3)27-9-4/h13-14,16,19H,6-12,15H2,1-5H3,(H,20,21). The van der Waals surface area contributed by atoms with Gasteiger partial charge in [0.2, 0.25) is 12.9 Å². The van der Waals surface area contributed by atoms with Gasteiger partial charge in [0.15, 0.2) is 0 Å². The lowest BCUT2D eigenvalue weighted by Crippen LogP contribution is -2.24. The van der Waals surface area contributed by atoms with Gasteiger partial charge in [-0.05, 0) is 33.3 Å². The number of nitrogens with one attached hydrogen (secondary N) is 1. The Labute approximate surface area is 175 Å². The van der Waals surface area contributed by atoms with Gasteiger partial charge in [-0.2, -0.15) is 0 Å². The van der Waals surface area contributed by atoms with Crippen LogP contribution in [0.25, 0.3) is 0 Å². The van der Waals surface area contributed by atoms with Crippen LogP contribution >= 0.6 is 15.0 Å². The second-order valence-corrected chi connectivity index (χ2v) is 11.6. The zero-order valence-corrected chi connectivity index (χ0v) is 20.0. The average Bonchev–Trinajstić information content (AvgIpc) is 2.66. The van der Waals surface area contributed by atoms with Gasteiger partial charge in [-0.1, -0.05) is 26.2 Å². The lowest BCUT2D eigenvalue weighted by Gasteiger charge is -2.31. The maximum atomic E-state index is 13.4. The first-order valence-electron chi connectivity index (χ1n) is 10.3. The zero-order valence-electron chi connectivity index (χ0n) is 18.3. The molecule has 0 bridgehead atoms. The van der Waals surface area contributed by atoms with Gasteiger partial charge < -0.3 is 23.6 Å². The summed E-state index contributed by atoms with van der Waals surface area (Å²) in [7, 11) is -7.18. The van der Waals surface area contributed by atoms with E-state index in [1.54, 1.807) is 39.1 Å². The molecule has 10 heteroatoms. The van der Waals surface area contributed by atoms with E-state index in [1.807, 2.05) is 0 Å². The molecule has 0 aliphatic rings. The molecule has 1 rings (SSSR count). The van der Waals surface area contributed by atoms with Crippen LogP contribution in [0.5, 0.6) is 5.75 Å². The predicted molar refractivity (Wildman–Crippen MR) is 117 cm³/mol. The number of aromatic nitrogens is 1. The van der Waals surface area contributed by atoms with Crippen molar-refractivity contribution in [3.05, 3.63) is 18.3 Å². The first-order chi connectivity index (χ1) is 13.8. The van der Waals surface area contributed by atoms with E-state index in [0.717, 1.165) is 12.8 Å². The molecule has 29 heavy (non-hydrogen) atoms. The van der Waals surface area contributed by atoms with Crippen LogP contribution in [0.15, 0.2) is 18.3 Å². The molecule has 0 amide bonds. The molecule has 1 aromatic heterocycles. The van der Waals surface area contributed by atoms with Gasteiger partial charge >= 0.3 is 7.60 Å². The Morgan fingerprint density at radius 3 is 2.24 bits per heavy atom. The van der Waals surface area contributed by atoms with Gasteiger partial charge in [0.25, 0.3) is 0 Å². The van der Waals surface area contributed by atoms with Crippen molar-refractivity contribution in [3.8, 4) is 5.75 Å². The first kappa shape index (κ1) is 26.1. The molecule has 0 saturated heterocycles. The molecule has 168 valence electrons. The van der Waals surface area contributed by atoms with Crippen molar-refractivity contribution in [3.63, 3.8) is 0 Å². The third-order valence-electron chi connectivity index (χ3n) is 4.02. The molecule has 0 aliphatic carbocycles. The fourth-order valence-corrected chi connectivity index (χ4v) is 7.79. The summed E-state index contributed by atoms with van der Waals surface area (Å²) < 4.78 is 48.6. The number of rotatable bonds is 16. The van der Waals surface area contributed by atoms with E-state index in [-0.39, 0.29) is 19.8 Å². The van der Waals surface area contributed by atoms with Crippen molar-refractivity contribution in [1.82, 2.24) is 4.98 Å². The predicted octanol–water partition coefficient (Wildman–Crippen LogP) is 5.95. The topological polar surface area (TPSA) is 96.0 Å². The number of pyridine rings is 1. The third kappa shape index (κ3) is 8.77. The van der Waals surface area contributed by atoms with E-state index < -0.39 is 20.5 Å². The van der Waals surface area contributed by atoms with Crippen molar-refractivity contribution in [2.45, 2.75) is 58.9 Å². The minimum absolute atomic E-state index is 0.149. The molecule has 1 N–H and O–H groups in total. The van der Waals surface area contributed by atoms with Crippen molar-refractivity contribution in [2.24, 2.45) is 0 Å². The van der Waals surface area contributed by atoms with Crippen LogP contribution in [0.4, 0.5) is 5.82 Å². The molecule has 2 unspecified atom stereocenters. The van der Waals surface area contributed by atoms with Crippen LogP contribution in [-0.4, -0.2) is 43.6 Å². The molecule has 0 aromatic carbocycles. The van der Waals surface area contributed by atoms with Crippen LogP contribution in [0.1, 0.15) is 53.4 Å². The molecule has 0 radical (unpaired) electrons. The van der Waals surface area contributed by atoms with Crippen LogP contribution in [-0.2, 0) is 22.7 Å². The lowest BCUT2D eigenvalue weighted by molar-refractivity contribution is 0.217. The number of nitrogens with zero attached hydrogens (tertiary/aromatic N) is 1. The number of anilines is 1. The normalized spacial score (nSPS) is 14.9. The van der Waals surface area contributed by atoms with Crippen molar-refractivity contribution < 1.29 is 27.4 Å². The van der Waals surface area contributed by atoms with Gasteiger partial charge in [0, 0.05) is 18.9 Å². The molecular weight excluding hydrogens is 414 g/mol. The summed E-state index contributed by atoms with van der Waals surface area (Å²) in [4.78, 5) is 4.24. The summed E-state index contributed by atoms with van der Waals surface area (Å²) in [6.45, 7) is 9.83. The summed E-state index contributed by atoms with van der Waals surface area (Å²) in [6.07, 6.45) is 6.02. The number of hydrogen-bond acceptors (Lipinski definition) is 8. The molecule has 0 spiro atoms. The van der Waals surface area contributed by atoms with Crippen molar-refractivity contribution in [2.75, 3.05) is 38.4 Å². The Morgan fingerprint density at radius 1 is 1.00 bits per heavy atom. The fourth-order valence-electron chi connectivity index (χ4n) is 2.75. The highest BCUT2D eigenvalue weighted by Gasteiger charge is 2.47. The summed E-state index contributed by atoms with van der Waals surface area (Å²) >= 11 is 0. The Morgan fingerprint density at radius 2 is 1.66 bits per heavy atom. The van der Waals surface area contributed by atoms with Crippen LogP contribution in [0, 0.1) is 0 Å². The van der Waals surface area contributed by atoms with Crippen LogP contribution in [0.3, 0.4) is 0 Å². The van der Waals surface area contributed by atoms with E-state index >= 15 is 0 Å².